The van der Waals surface area contributed by atoms with Crippen molar-refractivity contribution in [3.05, 3.63) is 51.1 Å². The summed E-state index contributed by atoms with van der Waals surface area (Å²) >= 11 is 17.9. The van der Waals surface area contributed by atoms with Gasteiger partial charge in [-0.3, -0.25) is 0 Å². The Hall–Kier alpha value is -1.000. The molecule has 0 unspecified atom stereocenters. The molecule has 1 aromatic heterocycles. The smallest absolute Gasteiger partial charge is 0.238 e. The number of nitrogens with zero attached hydrogens (tertiary/aromatic N) is 1. The van der Waals surface area contributed by atoms with Crippen LogP contribution in [-0.4, -0.2) is 4.98 Å². The van der Waals surface area contributed by atoms with E-state index >= 15 is 0 Å². The predicted molar refractivity (Wildman–Crippen MR) is 73.7 cm³/mol. The normalized spacial score (nSPS) is 10.4. The molecule has 2 rings (SSSR count). The van der Waals surface area contributed by atoms with Crippen LogP contribution in [0.5, 0.6) is 11.6 Å². The third-order valence-corrected chi connectivity index (χ3v) is 3.19. The van der Waals surface area contributed by atoms with E-state index in [-0.39, 0.29) is 5.88 Å². The van der Waals surface area contributed by atoms with E-state index in [1.807, 2.05) is 0 Å². The second kappa shape index (κ2) is 5.76. The maximum absolute atomic E-state index is 6.11. The highest BCUT2D eigenvalue weighted by Crippen LogP contribution is 2.34. The Labute approximate surface area is 119 Å². The number of nitrogens with two attached hydrogens (primary N) is 1. The van der Waals surface area contributed by atoms with Gasteiger partial charge in [0.05, 0.1) is 5.02 Å². The minimum absolute atomic E-state index is 0.267. The lowest BCUT2D eigenvalue weighted by Crippen LogP contribution is -1.99. The first-order valence-electron chi connectivity index (χ1n) is 5.08. The summed E-state index contributed by atoms with van der Waals surface area (Å²) in [6.45, 7) is 0.312. The van der Waals surface area contributed by atoms with Crippen molar-refractivity contribution < 1.29 is 4.74 Å². The molecule has 3 nitrogen and oxygen atoms in total. The predicted octanol–water partition coefficient (Wildman–Crippen LogP) is 4.29. The second-order valence-corrected chi connectivity index (χ2v) is 4.69. The number of halogens is 3. The quantitative estimate of drug-likeness (QED) is 0.920. The van der Waals surface area contributed by atoms with E-state index in [9.17, 15) is 0 Å². The number of ether oxygens (including phenoxy) is 1. The second-order valence-electron chi connectivity index (χ2n) is 3.47. The first-order chi connectivity index (χ1) is 8.61. The molecule has 0 amide bonds. The van der Waals surface area contributed by atoms with Gasteiger partial charge in [0.1, 0.15) is 10.8 Å². The summed E-state index contributed by atoms with van der Waals surface area (Å²) in [6, 6.07) is 6.64. The van der Waals surface area contributed by atoms with Crippen molar-refractivity contribution in [2.75, 3.05) is 0 Å². The van der Waals surface area contributed by atoms with Gasteiger partial charge in [0.25, 0.3) is 0 Å². The largest absolute Gasteiger partial charge is 0.436 e. The zero-order chi connectivity index (χ0) is 13.1. The Balaban J connectivity index is 2.34. The molecule has 0 aliphatic rings. The molecule has 0 aliphatic heterocycles. The van der Waals surface area contributed by atoms with Gasteiger partial charge >= 0.3 is 0 Å². The van der Waals surface area contributed by atoms with Gasteiger partial charge in [0, 0.05) is 17.8 Å². The fourth-order valence-corrected chi connectivity index (χ4v) is 2.03. The van der Waals surface area contributed by atoms with E-state index < -0.39 is 0 Å². The van der Waals surface area contributed by atoms with E-state index in [1.54, 1.807) is 30.5 Å². The third-order valence-electron chi connectivity index (χ3n) is 2.26. The Kier molecular flexibility index (Phi) is 4.30. The molecule has 0 spiro atoms. The summed E-state index contributed by atoms with van der Waals surface area (Å²) in [5.41, 5.74) is 6.31. The maximum Gasteiger partial charge on any atom is 0.238 e. The summed E-state index contributed by atoms with van der Waals surface area (Å²) < 4.78 is 5.55. The monoisotopic (exact) mass is 302 g/mol. The fourth-order valence-electron chi connectivity index (χ4n) is 1.35. The zero-order valence-electron chi connectivity index (χ0n) is 9.16. The Bertz CT molecular complexity index is 575. The summed E-state index contributed by atoms with van der Waals surface area (Å²) in [5, 5.41) is 1.30. The number of pyridine rings is 1. The van der Waals surface area contributed by atoms with Gasteiger partial charge in [-0.25, -0.2) is 4.98 Å². The molecule has 18 heavy (non-hydrogen) atoms. The van der Waals surface area contributed by atoms with Crippen molar-refractivity contribution in [3.8, 4) is 11.6 Å². The van der Waals surface area contributed by atoms with Crippen LogP contribution in [-0.2, 0) is 6.54 Å². The molecule has 1 aromatic carbocycles. The fraction of sp³-hybridized carbons (Fsp3) is 0.0833. The van der Waals surface area contributed by atoms with Gasteiger partial charge in [0.2, 0.25) is 5.88 Å². The summed E-state index contributed by atoms with van der Waals surface area (Å²) in [5.74, 6) is 0.702. The molecule has 1 heterocycles. The first-order valence-corrected chi connectivity index (χ1v) is 6.21. The highest BCUT2D eigenvalue weighted by molar-refractivity contribution is 6.35. The standard InChI is InChI=1S/C12H9Cl3N2O/c13-8-1-2-10(9(14)5-8)18-12-11(15)7(6-16)3-4-17-12/h1-5H,6,16H2. The molecule has 0 bridgehead atoms. The Morgan fingerprint density at radius 3 is 2.61 bits per heavy atom. The summed E-state index contributed by atoms with van der Waals surface area (Å²) in [7, 11) is 0. The van der Waals surface area contributed by atoms with Crippen molar-refractivity contribution in [2.24, 2.45) is 5.73 Å². The van der Waals surface area contributed by atoms with E-state index in [2.05, 4.69) is 4.98 Å². The molecule has 6 heteroatoms. The van der Waals surface area contributed by atoms with E-state index in [4.69, 9.17) is 45.3 Å². The van der Waals surface area contributed by atoms with Crippen LogP contribution in [0.1, 0.15) is 5.56 Å². The number of aromatic nitrogens is 1. The topological polar surface area (TPSA) is 48.1 Å². The molecule has 94 valence electrons. The molecular weight excluding hydrogens is 295 g/mol. The van der Waals surface area contributed by atoms with Gasteiger partial charge in [-0.15, -0.1) is 0 Å². The zero-order valence-corrected chi connectivity index (χ0v) is 11.4. The number of benzene rings is 1. The lowest BCUT2D eigenvalue weighted by atomic mass is 10.2. The first kappa shape index (κ1) is 13.4. The average molecular weight is 304 g/mol. The Morgan fingerprint density at radius 2 is 1.94 bits per heavy atom. The minimum Gasteiger partial charge on any atom is -0.436 e. The van der Waals surface area contributed by atoms with Crippen LogP contribution in [0, 0.1) is 0 Å². The van der Waals surface area contributed by atoms with Gasteiger partial charge in [0.15, 0.2) is 0 Å². The van der Waals surface area contributed by atoms with E-state index in [0.29, 0.717) is 27.4 Å². The van der Waals surface area contributed by atoms with Gasteiger partial charge in [-0.05, 0) is 29.8 Å². The SMILES string of the molecule is NCc1ccnc(Oc2ccc(Cl)cc2Cl)c1Cl. The summed E-state index contributed by atoms with van der Waals surface area (Å²) in [6.07, 6.45) is 1.58. The molecule has 0 saturated heterocycles. The van der Waals surface area contributed by atoms with E-state index in [0.717, 1.165) is 5.56 Å². The average Bonchev–Trinajstić information content (AvgIpc) is 2.35. The lowest BCUT2D eigenvalue weighted by molar-refractivity contribution is 0.462. The molecule has 0 radical (unpaired) electrons. The van der Waals surface area contributed by atoms with E-state index in [1.165, 1.54) is 0 Å². The lowest BCUT2D eigenvalue weighted by Gasteiger charge is -2.10. The van der Waals surface area contributed by atoms with Gasteiger partial charge in [-0.1, -0.05) is 34.8 Å². The number of hydrogen-bond acceptors (Lipinski definition) is 3. The third kappa shape index (κ3) is 2.87. The molecule has 0 saturated carbocycles. The van der Waals surface area contributed by atoms with Crippen LogP contribution in [0.15, 0.2) is 30.5 Å². The molecule has 0 fully saturated rings. The molecule has 0 atom stereocenters. The van der Waals surface area contributed by atoms with Gasteiger partial charge < -0.3 is 10.5 Å². The molecule has 2 aromatic rings. The number of hydrogen-bond donors (Lipinski definition) is 1. The number of rotatable bonds is 3. The van der Waals surface area contributed by atoms with Crippen LogP contribution >= 0.6 is 34.8 Å². The molecular formula is C12H9Cl3N2O. The highest BCUT2D eigenvalue weighted by Gasteiger charge is 2.11. The van der Waals surface area contributed by atoms with Crippen molar-refractivity contribution in [3.63, 3.8) is 0 Å². The van der Waals surface area contributed by atoms with Crippen molar-refractivity contribution >= 4 is 34.8 Å². The van der Waals surface area contributed by atoms with Crippen molar-refractivity contribution in [2.45, 2.75) is 6.54 Å². The Morgan fingerprint density at radius 1 is 1.17 bits per heavy atom. The molecule has 0 aliphatic carbocycles. The van der Waals surface area contributed by atoms with Gasteiger partial charge in [-0.2, -0.15) is 0 Å². The highest BCUT2D eigenvalue weighted by atomic mass is 35.5. The van der Waals surface area contributed by atoms with Crippen LogP contribution in [0.2, 0.25) is 15.1 Å². The summed E-state index contributed by atoms with van der Waals surface area (Å²) in [4.78, 5) is 4.04. The van der Waals surface area contributed by atoms with Crippen LogP contribution in [0.4, 0.5) is 0 Å². The maximum atomic E-state index is 6.11. The van der Waals surface area contributed by atoms with Crippen LogP contribution in [0.25, 0.3) is 0 Å². The van der Waals surface area contributed by atoms with Crippen LogP contribution in [0.3, 0.4) is 0 Å². The minimum atomic E-state index is 0.267. The van der Waals surface area contributed by atoms with Crippen molar-refractivity contribution in [1.29, 1.82) is 0 Å². The van der Waals surface area contributed by atoms with Crippen molar-refractivity contribution in [1.82, 2.24) is 4.98 Å². The van der Waals surface area contributed by atoms with Crippen LogP contribution < -0.4 is 10.5 Å². The molecule has 2 N–H and O–H groups in total.